The summed E-state index contributed by atoms with van der Waals surface area (Å²) in [5.41, 5.74) is 4.55. The van der Waals surface area contributed by atoms with Crippen molar-refractivity contribution in [2.24, 2.45) is 0 Å². The fraction of sp³-hybridized carbons (Fsp3) is 0.400. The Kier molecular flexibility index (Phi) is 2.88. The number of hydrogen-bond donors (Lipinski definition) is 1. The fourth-order valence-electron chi connectivity index (χ4n) is 1.80. The molecule has 1 fully saturated rings. The Morgan fingerprint density at radius 1 is 1.14 bits per heavy atom. The first-order chi connectivity index (χ1) is 6.70. The van der Waals surface area contributed by atoms with Crippen molar-refractivity contribution in [2.45, 2.75) is 11.0 Å². The third-order valence-corrected chi connectivity index (χ3v) is 3.62. The van der Waals surface area contributed by atoms with Crippen LogP contribution < -0.4 is 5.53 Å². The van der Waals surface area contributed by atoms with Gasteiger partial charge in [-0.3, -0.25) is 0 Å². The van der Waals surface area contributed by atoms with Crippen LogP contribution in [0.3, 0.4) is 0 Å². The van der Waals surface area contributed by atoms with E-state index in [1.54, 1.807) is 0 Å². The Bertz CT molecular complexity index is 303. The maximum Gasteiger partial charge on any atom is 0.101 e. The smallest absolute Gasteiger partial charge is 0.101 e. The van der Waals surface area contributed by atoms with Crippen molar-refractivity contribution >= 4 is 15.9 Å². The van der Waals surface area contributed by atoms with E-state index in [4.69, 9.17) is 0 Å². The molecule has 0 bridgehead atoms. The van der Waals surface area contributed by atoms with Crippen LogP contribution in [0.15, 0.2) is 30.3 Å². The van der Waals surface area contributed by atoms with Crippen molar-refractivity contribution in [1.82, 2.24) is 15.6 Å². The maximum atomic E-state index is 3.67. The van der Waals surface area contributed by atoms with Gasteiger partial charge in [-0.2, -0.15) is 5.53 Å². The molecule has 2 rings (SSSR count). The van der Waals surface area contributed by atoms with Gasteiger partial charge in [-0.15, -0.1) is 0 Å². The Morgan fingerprint density at radius 3 is 2.29 bits per heavy atom. The van der Waals surface area contributed by atoms with Crippen LogP contribution in [0.5, 0.6) is 0 Å². The molecule has 1 aliphatic heterocycles. The molecule has 1 aliphatic rings. The van der Waals surface area contributed by atoms with Gasteiger partial charge in [0.15, 0.2) is 0 Å². The summed E-state index contributed by atoms with van der Waals surface area (Å²) in [5.74, 6) is 0. The average Bonchev–Trinajstić information content (AvgIpc) is 2.43. The van der Waals surface area contributed by atoms with Crippen LogP contribution in [0.2, 0.25) is 0 Å². The van der Waals surface area contributed by atoms with E-state index < -0.39 is 0 Å². The molecular weight excluding hydrogens is 242 g/mol. The Hall–Kier alpha value is -0.420. The lowest BCUT2D eigenvalue weighted by Gasteiger charge is -2.19. The highest BCUT2D eigenvalue weighted by Gasteiger charge is 2.34. The van der Waals surface area contributed by atoms with E-state index in [9.17, 15) is 0 Å². The SMILES string of the molecule is CN1NN(C)C(c2ccccc2)C1Br. The van der Waals surface area contributed by atoms with E-state index >= 15 is 0 Å². The third kappa shape index (κ3) is 1.70. The summed E-state index contributed by atoms with van der Waals surface area (Å²) in [6.45, 7) is 0. The Balaban J connectivity index is 2.26. The van der Waals surface area contributed by atoms with Crippen molar-refractivity contribution in [1.29, 1.82) is 0 Å². The van der Waals surface area contributed by atoms with Crippen LogP contribution in [-0.2, 0) is 0 Å². The molecule has 0 aliphatic carbocycles. The fourth-order valence-corrected chi connectivity index (χ4v) is 2.55. The average molecular weight is 256 g/mol. The second-order valence-corrected chi connectivity index (χ2v) is 4.49. The van der Waals surface area contributed by atoms with Crippen molar-refractivity contribution in [3.63, 3.8) is 0 Å². The molecule has 1 heterocycles. The van der Waals surface area contributed by atoms with E-state index in [0.29, 0.717) is 11.0 Å². The normalized spacial score (nSPS) is 29.6. The summed E-state index contributed by atoms with van der Waals surface area (Å²) in [7, 11) is 4.08. The summed E-state index contributed by atoms with van der Waals surface area (Å²) in [4.78, 5) is 0.301. The Labute approximate surface area is 92.8 Å². The number of alkyl halides is 1. The number of hydrogen-bond acceptors (Lipinski definition) is 3. The molecule has 76 valence electrons. The van der Waals surface area contributed by atoms with Gasteiger partial charge in [0.2, 0.25) is 0 Å². The number of hydrazine groups is 2. The molecular formula is C10H14BrN3. The molecule has 1 saturated heterocycles. The van der Waals surface area contributed by atoms with Crippen LogP contribution >= 0.6 is 15.9 Å². The lowest BCUT2D eigenvalue weighted by Crippen LogP contribution is -2.35. The monoisotopic (exact) mass is 255 g/mol. The number of benzene rings is 1. The largest absolute Gasteiger partial charge is 0.224 e. The minimum Gasteiger partial charge on any atom is -0.224 e. The van der Waals surface area contributed by atoms with Crippen LogP contribution in [0, 0.1) is 0 Å². The van der Waals surface area contributed by atoms with E-state index in [1.807, 2.05) is 13.1 Å². The molecule has 0 saturated carbocycles. The number of nitrogens with one attached hydrogen (secondary N) is 1. The predicted molar refractivity (Wildman–Crippen MR) is 60.6 cm³/mol. The van der Waals surface area contributed by atoms with Crippen LogP contribution in [0.25, 0.3) is 0 Å². The highest BCUT2D eigenvalue weighted by molar-refractivity contribution is 9.09. The lowest BCUT2D eigenvalue weighted by molar-refractivity contribution is 0.153. The highest BCUT2D eigenvalue weighted by atomic mass is 79.9. The standard InChI is InChI=1S/C10H14BrN3/c1-13-9(10(11)14(2)12-13)8-6-4-3-5-7-8/h3-7,9-10,12H,1-2H3. The molecule has 2 atom stereocenters. The van der Waals surface area contributed by atoms with Gasteiger partial charge >= 0.3 is 0 Å². The molecule has 0 radical (unpaired) electrons. The van der Waals surface area contributed by atoms with E-state index in [0.717, 1.165) is 0 Å². The molecule has 14 heavy (non-hydrogen) atoms. The van der Waals surface area contributed by atoms with Crippen LogP contribution in [0.1, 0.15) is 11.6 Å². The van der Waals surface area contributed by atoms with Crippen molar-refractivity contribution in [3.8, 4) is 0 Å². The highest BCUT2D eigenvalue weighted by Crippen LogP contribution is 2.32. The van der Waals surface area contributed by atoms with E-state index in [2.05, 4.69) is 62.8 Å². The number of likely N-dealkylation sites (N-methyl/N-ethyl adjacent to an activating group) is 2. The van der Waals surface area contributed by atoms with Gasteiger partial charge in [0.1, 0.15) is 4.95 Å². The summed E-state index contributed by atoms with van der Waals surface area (Å²) >= 11 is 3.67. The third-order valence-electron chi connectivity index (χ3n) is 2.50. The van der Waals surface area contributed by atoms with Gasteiger partial charge in [-0.25, -0.2) is 10.0 Å². The summed E-state index contributed by atoms with van der Waals surface area (Å²) in [5, 5.41) is 4.16. The summed E-state index contributed by atoms with van der Waals surface area (Å²) in [6, 6.07) is 10.8. The first-order valence-electron chi connectivity index (χ1n) is 4.61. The second kappa shape index (κ2) is 3.98. The molecule has 2 unspecified atom stereocenters. The van der Waals surface area contributed by atoms with Crippen molar-refractivity contribution < 1.29 is 0 Å². The van der Waals surface area contributed by atoms with Gasteiger partial charge in [0, 0.05) is 14.1 Å². The summed E-state index contributed by atoms with van der Waals surface area (Å²) in [6.07, 6.45) is 0. The van der Waals surface area contributed by atoms with Gasteiger partial charge < -0.3 is 0 Å². The molecule has 1 aromatic rings. The zero-order chi connectivity index (χ0) is 10.1. The van der Waals surface area contributed by atoms with Crippen LogP contribution in [0.4, 0.5) is 0 Å². The Morgan fingerprint density at radius 2 is 1.79 bits per heavy atom. The van der Waals surface area contributed by atoms with Crippen LogP contribution in [-0.4, -0.2) is 29.1 Å². The zero-order valence-corrected chi connectivity index (χ0v) is 9.90. The second-order valence-electron chi connectivity index (χ2n) is 3.55. The summed E-state index contributed by atoms with van der Waals surface area (Å²) < 4.78 is 0. The first kappa shape index (κ1) is 10.1. The molecule has 0 amide bonds. The minimum absolute atomic E-state index is 0.301. The maximum absolute atomic E-state index is 3.67. The number of halogens is 1. The first-order valence-corrected chi connectivity index (χ1v) is 5.52. The topological polar surface area (TPSA) is 18.5 Å². The molecule has 4 heteroatoms. The minimum atomic E-state index is 0.301. The number of rotatable bonds is 1. The van der Waals surface area contributed by atoms with Gasteiger partial charge in [-0.05, 0) is 5.56 Å². The molecule has 0 spiro atoms. The van der Waals surface area contributed by atoms with E-state index in [1.165, 1.54) is 5.56 Å². The predicted octanol–water partition coefficient (Wildman–Crippen LogP) is 1.75. The molecule has 1 N–H and O–H groups in total. The van der Waals surface area contributed by atoms with Crippen molar-refractivity contribution in [2.75, 3.05) is 14.1 Å². The quantitative estimate of drug-likeness (QED) is 0.610. The molecule has 0 aromatic heterocycles. The number of nitrogens with zero attached hydrogens (tertiary/aromatic N) is 2. The van der Waals surface area contributed by atoms with Crippen molar-refractivity contribution in [3.05, 3.63) is 35.9 Å². The van der Waals surface area contributed by atoms with Gasteiger partial charge in [0.05, 0.1) is 6.04 Å². The van der Waals surface area contributed by atoms with Gasteiger partial charge in [-0.1, -0.05) is 46.3 Å². The zero-order valence-electron chi connectivity index (χ0n) is 8.31. The molecule has 1 aromatic carbocycles. The lowest BCUT2D eigenvalue weighted by atomic mass is 10.1. The van der Waals surface area contributed by atoms with E-state index in [-0.39, 0.29) is 0 Å². The molecule has 3 nitrogen and oxygen atoms in total. The van der Waals surface area contributed by atoms with Gasteiger partial charge in [0.25, 0.3) is 0 Å².